The van der Waals surface area contributed by atoms with Crippen LogP contribution in [0.1, 0.15) is 17.2 Å². The first kappa shape index (κ1) is 11.5. The molecule has 5 nitrogen and oxygen atoms in total. The van der Waals surface area contributed by atoms with Gasteiger partial charge in [0.25, 0.3) is 0 Å². The van der Waals surface area contributed by atoms with Gasteiger partial charge in [-0.05, 0) is 17.2 Å². The zero-order chi connectivity index (χ0) is 12.5. The smallest absolute Gasteiger partial charge is 0.322 e. The van der Waals surface area contributed by atoms with E-state index in [4.69, 9.17) is 4.74 Å². The molecule has 1 aromatic rings. The van der Waals surface area contributed by atoms with Crippen molar-refractivity contribution in [3.63, 3.8) is 0 Å². The van der Waals surface area contributed by atoms with Crippen molar-refractivity contribution < 1.29 is 14.6 Å². The molecule has 0 spiro atoms. The monoisotopic (exact) mass is 248 g/mol. The third-order valence-corrected chi connectivity index (χ3v) is 3.53. The number of carboxylic acids is 1. The molecule has 1 fully saturated rings. The Morgan fingerprint density at radius 1 is 1.33 bits per heavy atom. The number of fused-ring (bicyclic) bond motifs is 1. The van der Waals surface area contributed by atoms with E-state index in [9.17, 15) is 9.90 Å². The summed E-state index contributed by atoms with van der Waals surface area (Å²) in [5.74, 6) is 0.110. The molecule has 0 aliphatic carbocycles. The lowest BCUT2D eigenvalue weighted by Gasteiger charge is -2.31. The van der Waals surface area contributed by atoms with Gasteiger partial charge >= 0.3 is 5.97 Å². The highest BCUT2D eigenvalue weighted by atomic mass is 16.5. The maximum atomic E-state index is 11.2. The molecule has 0 saturated carbocycles. The fraction of sp³-hybridized carbons (Fsp3) is 0.462. The lowest BCUT2D eigenvalue weighted by molar-refractivity contribution is -0.140. The van der Waals surface area contributed by atoms with Gasteiger partial charge in [-0.2, -0.15) is 0 Å². The van der Waals surface area contributed by atoms with E-state index < -0.39 is 12.0 Å². The summed E-state index contributed by atoms with van der Waals surface area (Å²) in [4.78, 5) is 11.2. The Bertz CT molecular complexity index is 475. The summed E-state index contributed by atoms with van der Waals surface area (Å²) in [6.07, 6.45) is 0.904. The predicted molar refractivity (Wildman–Crippen MR) is 65.8 cm³/mol. The molecular weight excluding hydrogens is 232 g/mol. The number of benzene rings is 1. The molecule has 0 aromatic heterocycles. The van der Waals surface area contributed by atoms with Crippen LogP contribution in [0.5, 0.6) is 5.75 Å². The summed E-state index contributed by atoms with van der Waals surface area (Å²) in [7, 11) is 0. The van der Waals surface area contributed by atoms with Crippen LogP contribution >= 0.6 is 0 Å². The zero-order valence-corrected chi connectivity index (χ0v) is 9.98. The van der Waals surface area contributed by atoms with Crippen molar-refractivity contribution in [2.24, 2.45) is 0 Å². The Labute approximate surface area is 105 Å². The molecule has 2 unspecified atom stereocenters. The second-order valence-corrected chi connectivity index (χ2v) is 4.67. The molecule has 96 valence electrons. The van der Waals surface area contributed by atoms with Crippen LogP contribution in [0.25, 0.3) is 0 Å². The maximum absolute atomic E-state index is 11.2. The standard InChI is InChI=1S/C13H16N2O3/c16-13(17)12-11(14-4-5-15-12)9-1-2-10-8(7-9)3-6-18-10/h1-2,7,11-12,14-15H,3-6H2,(H,16,17). The van der Waals surface area contributed by atoms with Gasteiger partial charge in [0.1, 0.15) is 11.8 Å². The molecule has 3 N–H and O–H groups in total. The molecule has 18 heavy (non-hydrogen) atoms. The Balaban J connectivity index is 1.90. The number of rotatable bonds is 2. The molecule has 2 aliphatic rings. The average Bonchev–Trinajstić information content (AvgIpc) is 2.85. The van der Waals surface area contributed by atoms with E-state index in [0.717, 1.165) is 30.9 Å². The molecule has 2 aliphatic heterocycles. The first-order valence-electron chi connectivity index (χ1n) is 6.21. The average molecular weight is 248 g/mol. The molecule has 5 heteroatoms. The molecule has 1 saturated heterocycles. The number of hydrogen-bond donors (Lipinski definition) is 3. The second-order valence-electron chi connectivity index (χ2n) is 4.67. The molecular formula is C13H16N2O3. The topological polar surface area (TPSA) is 70.6 Å². The van der Waals surface area contributed by atoms with Crippen molar-refractivity contribution in [2.45, 2.75) is 18.5 Å². The van der Waals surface area contributed by atoms with Crippen LogP contribution in [-0.4, -0.2) is 36.8 Å². The molecule has 0 radical (unpaired) electrons. The van der Waals surface area contributed by atoms with Gasteiger partial charge in [-0.1, -0.05) is 12.1 Å². The van der Waals surface area contributed by atoms with E-state index in [0.29, 0.717) is 6.54 Å². The van der Waals surface area contributed by atoms with Crippen LogP contribution in [0, 0.1) is 0 Å². The Kier molecular flexibility index (Phi) is 2.93. The van der Waals surface area contributed by atoms with Crippen molar-refractivity contribution in [1.82, 2.24) is 10.6 Å². The quantitative estimate of drug-likeness (QED) is 0.702. The summed E-state index contributed by atoms with van der Waals surface area (Å²) in [5.41, 5.74) is 2.18. The van der Waals surface area contributed by atoms with Gasteiger partial charge in [0, 0.05) is 19.5 Å². The predicted octanol–water partition coefficient (Wildman–Crippen LogP) is 0.309. The van der Waals surface area contributed by atoms with E-state index in [1.54, 1.807) is 0 Å². The minimum absolute atomic E-state index is 0.179. The highest BCUT2D eigenvalue weighted by molar-refractivity contribution is 5.75. The fourth-order valence-corrected chi connectivity index (χ4v) is 2.63. The van der Waals surface area contributed by atoms with Crippen LogP contribution in [0.2, 0.25) is 0 Å². The number of hydrogen-bond acceptors (Lipinski definition) is 4. The van der Waals surface area contributed by atoms with E-state index >= 15 is 0 Å². The number of piperazine rings is 1. The second kappa shape index (κ2) is 4.59. The van der Waals surface area contributed by atoms with Crippen molar-refractivity contribution >= 4 is 5.97 Å². The molecule has 2 heterocycles. The Hall–Kier alpha value is -1.59. The summed E-state index contributed by atoms with van der Waals surface area (Å²) < 4.78 is 5.46. The Morgan fingerprint density at radius 2 is 2.17 bits per heavy atom. The van der Waals surface area contributed by atoms with Gasteiger partial charge < -0.3 is 20.5 Å². The van der Waals surface area contributed by atoms with Gasteiger partial charge in [0.2, 0.25) is 0 Å². The van der Waals surface area contributed by atoms with Gasteiger partial charge in [-0.25, -0.2) is 0 Å². The highest BCUT2D eigenvalue weighted by Gasteiger charge is 2.32. The summed E-state index contributed by atoms with van der Waals surface area (Å²) in [5, 5.41) is 15.6. The van der Waals surface area contributed by atoms with Gasteiger partial charge in [0.05, 0.1) is 12.6 Å². The third kappa shape index (κ3) is 1.95. The van der Waals surface area contributed by atoms with Crippen molar-refractivity contribution in [1.29, 1.82) is 0 Å². The van der Waals surface area contributed by atoms with E-state index in [-0.39, 0.29) is 6.04 Å². The SMILES string of the molecule is O=C(O)C1NCCNC1c1ccc2c(c1)CCO2. The minimum Gasteiger partial charge on any atom is -0.493 e. The summed E-state index contributed by atoms with van der Waals surface area (Å²) in [6, 6.07) is 5.20. The maximum Gasteiger partial charge on any atom is 0.322 e. The molecule has 3 rings (SSSR count). The van der Waals surface area contributed by atoms with Crippen LogP contribution < -0.4 is 15.4 Å². The van der Waals surface area contributed by atoms with E-state index in [1.807, 2.05) is 12.1 Å². The number of carboxylic acid groups (broad SMARTS) is 1. The largest absolute Gasteiger partial charge is 0.493 e. The van der Waals surface area contributed by atoms with Gasteiger partial charge in [-0.3, -0.25) is 4.79 Å². The van der Waals surface area contributed by atoms with Crippen molar-refractivity contribution in [2.75, 3.05) is 19.7 Å². The van der Waals surface area contributed by atoms with Gasteiger partial charge in [0.15, 0.2) is 0 Å². The first-order valence-corrected chi connectivity index (χ1v) is 6.21. The van der Waals surface area contributed by atoms with Crippen LogP contribution in [-0.2, 0) is 11.2 Å². The Morgan fingerprint density at radius 3 is 3.00 bits per heavy atom. The summed E-state index contributed by atoms with van der Waals surface area (Å²) >= 11 is 0. The van der Waals surface area contributed by atoms with Crippen molar-refractivity contribution in [3.8, 4) is 5.75 Å². The molecule has 2 atom stereocenters. The number of carbonyl (C=O) groups is 1. The number of ether oxygens (including phenoxy) is 1. The van der Waals surface area contributed by atoms with E-state index in [2.05, 4.69) is 16.7 Å². The molecule has 1 aromatic carbocycles. The van der Waals surface area contributed by atoms with E-state index in [1.165, 1.54) is 5.56 Å². The summed E-state index contributed by atoms with van der Waals surface area (Å²) in [6.45, 7) is 2.18. The lowest BCUT2D eigenvalue weighted by Crippen LogP contribution is -2.54. The van der Waals surface area contributed by atoms with Crippen LogP contribution in [0.3, 0.4) is 0 Å². The fourth-order valence-electron chi connectivity index (χ4n) is 2.63. The minimum atomic E-state index is -0.816. The van der Waals surface area contributed by atoms with Crippen LogP contribution in [0.15, 0.2) is 18.2 Å². The molecule has 0 amide bonds. The number of aliphatic carboxylic acids is 1. The highest BCUT2D eigenvalue weighted by Crippen LogP contribution is 2.29. The molecule has 0 bridgehead atoms. The van der Waals surface area contributed by atoms with Crippen molar-refractivity contribution in [3.05, 3.63) is 29.3 Å². The normalized spacial score (nSPS) is 26.4. The zero-order valence-electron chi connectivity index (χ0n) is 9.98. The van der Waals surface area contributed by atoms with Crippen LogP contribution in [0.4, 0.5) is 0 Å². The lowest BCUT2D eigenvalue weighted by atomic mass is 9.95. The first-order chi connectivity index (χ1) is 8.75. The van der Waals surface area contributed by atoms with Gasteiger partial charge in [-0.15, -0.1) is 0 Å². The number of nitrogens with one attached hydrogen (secondary N) is 2. The third-order valence-electron chi connectivity index (χ3n) is 3.53.